The number of nitrogens with zero attached hydrogens (tertiary/aromatic N) is 1. The van der Waals surface area contributed by atoms with E-state index in [1.54, 1.807) is 43.3 Å². The first-order valence-corrected chi connectivity index (χ1v) is 9.85. The van der Waals surface area contributed by atoms with Gasteiger partial charge in [-0.15, -0.1) is 0 Å². The Morgan fingerprint density at radius 1 is 1.00 bits per heavy atom. The number of hydrogen-bond acceptors (Lipinski definition) is 4. The van der Waals surface area contributed by atoms with Crippen LogP contribution in [0.2, 0.25) is 0 Å². The van der Waals surface area contributed by atoms with Crippen molar-refractivity contribution in [3.63, 3.8) is 0 Å². The molecule has 1 saturated heterocycles. The normalized spacial score (nSPS) is 22.1. The Bertz CT molecular complexity index is 978. The summed E-state index contributed by atoms with van der Waals surface area (Å²) >= 11 is 0. The third kappa shape index (κ3) is 3.60. The zero-order chi connectivity index (χ0) is 20.5. The molecular formula is C24H23NO4. The van der Waals surface area contributed by atoms with Crippen molar-refractivity contribution in [2.24, 2.45) is 11.8 Å². The van der Waals surface area contributed by atoms with Gasteiger partial charge in [0.05, 0.1) is 17.5 Å². The summed E-state index contributed by atoms with van der Waals surface area (Å²) in [4.78, 5) is 39.3. The summed E-state index contributed by atoms with van der Waals surface area (Å²) in [5.74, 6) is -0.373. The molecular weight excluding hydrogens is 366 g/mol. The number of allylic oxidation sites excluding steroid dienone is 2. The van der Waals surface area contributed by atoms with Gasteiger partial charge in [-0.25, -0.2) is 0 Å². The van der Waals surface area contributed by atoms with E-state index in [0.717, 1.165) is 5.57 Å². The maximum absolute atomic E-state index is 12.8. The smallest absolute Gasteiger partial charge is 0.238 e. The Hall–Kier alpha value is -3.21. The summed E-state index contributed by atoms with van der Waals surface area (Å²) in [5.41, 5.74) is 2.30. The van der Waals surface area contributed by atoms with E-state index >= 15 is 0 Å². The lowest BCUT2D eigenvalue weighted by atomic mass is 9.82. The summed E-state index contributed by atoms with van der Waals surface area (Å²) in [5, 5.41) is 0. The Kier molecular flexibility index (Phi) is 5.05. The molecule has 29 heavy (non-hydrogen) atoms. The second kappa shape index (κ2) is 7.66. The minimum Gasteiger partial charge on any atom is -0.483 e. The number of anilines is 1. The van der Waals surface area contributed by atoms with E-state index in [1.165, 1.54) is 4.90 Å². The number of ether oxygens (including phenoxy) is 1. The molecule has 148 valence electrons. The minimum absolute atomic E-state index is 0.105. The van der Waals surface area contributed by atoms with E-state index in [4.69, 9.17) is 4.74 Å². The molecule has 1 fully saturated rings. The van der Waals surface area contributed by atoms with Gasteiger partial charge in [-0.05, 0) is 51.0 Å². The molecule has 0 N–H and O–H groups in total. The lowest BCUT2D eigenvalue weighted by Gasteiger charge is -2.18. The second-order valence-corrected chi connectivity index (χ2v) is 7.70. The second-order valence-electron chi connectivity index (χ2n) is 7.70. The van der Waals surface area contributed by atoms with E-state index in [9.17, 15) is 14.4 Å². The summed E-state index contributed by atoms with van der Waals surface area (Å²) < 4.78 is 5.76. The van der Waals surface area contributed by atoms with Gasteiger partial charge >= 0.3 is 0 Å². The minimum atomic E-state index is -0.643. The number of imide groups is 1. The van der Waals surface area contributed by atoms with Gasteiger partial charge in [-0.1, -0.05) is 42.0 Å². The van der Waals surface area contributed by atoms with E-state index in [0.29, 0.717) is 29.8 Å². The number of fused-ring (bicyclic) bond motifs is 1. The first kappa shape index (κ1) is 19.1. The summed E-state index contributed by atoms with van der Waals surface area (Å²) in [6, 6.07) is 15.8. The average Bonchev–Trinajstić information content (AvgIpc) is 2.98. The number of hydrogen-bond donors (Lipinski definition) is 0. The quantitative estimate of drug-likeness (QED) is 0.437. The van der Waals surface area contributed by atoms with Crippen LogP contribution >= 0.6 is 0 Å². The maximum atomic E-state index is 12.8. The number of benzene rings is 2. The number of carbonyl (C=O) groups is 3. The predicted octanol–water partition coefficient (Wildman–Crippen LogP) is 4.18. The van der Waals surface area contributed by atoms with Crippen LogP contribution < -0.4 is 9.64 Å². The number of ketones is 1. The highest BCUT2D eigenvalue weighted by Crippen LogP contribution is 2.40. The van der Waals surface area contributed by atoms with Crippen LogP contribution in [0.4, 0.5) is 5.69 Å². The van der Waals surface area contributed by atoms with Crippen LogP contribution in [-0.2, 0) is 9.59 Å². The van der Waals surface area contributed by atoms with Crippen LogP contribution in [0, 0.1) is 11.8 Å². The fraction of sp³-hybridized carbons (Fsp3) is 0.292. The van der Waals surface area contributed by atoms with Gasteiger partial charge in [0.2, 0.25) is 17.6 Å². The average molecular weight is 389 g/mol. The number of carbonyl (C=O) groups excluding carboxylic acids is 3. The van der Waals surface area contributed by atoms with Crippen molar-refractivity contribution in [3.05, 3.63) is 71.8 Å². The van der Waals surface area contributed by atoms with Crippen LogP contribution in [0.5, 0.6) is 5.75 Å². The van der Waals surface area contributed by atoms with Crippen molar-refractivity contribution < 1.29 is 19.1 Å². The number of rotatable bonds is 5. The lowest BCUT2D eigenvalue weighted by molar-refractivity contribution is -0.122. The molecule has 1 aliphatic heterocycles. The van der Waals surface area contributed by atoms with Crippen molar-refractivity contribution in [1.82, 2.24) is 0 Å². The Morgan fingerprint density at radius 3 is 2.34 bits per heavy atom. The molecule has 4 rings (SSSR count). The summed E-state index contributed by atoms with van der Waals surface area (Å²) in [7, 11) is 0. The molecule has 0 bridgehead atoms. The monoisotopic (exact) mass is 389 g/mol. The van der Waals surface area contributed by atoms with Crippen molar-refractivity contribution in [2.45, 2.75) is 32.8 Å². The van der Waals surface area contributed by atoms with Gasteiger partial charge < -0.3 is 4.74 Å². The highest BCUT2D eigenvalue weighted by molar-refractivity contribution is 6.22. The largest absolute Gasteiger partial charge is 0.483 e. The molecule has 2 aliphatic rings. The molecule has 2 aromatic carbocycles. The molecule has 0 spiro atoms. The predicted molar refractivity (Wildman–Crippen MR) is 110 cm³/mol. The fourth-order valence-corrected chi connectivity index (χ4v) is 4.06. The van der Waals surface area contributed by atoms with Gasteiger partial charge in [0, 0.05) is 5.56 Å². The van der Waals surface area contributed by atoms with Gasteiger partial charge in [0.15, 0.2) is 6.10 Å². The van der Waals surface area contributed by atoms with E-state index in [2.05, 4.69) is 6.08 Å². The molecule has 1 aliphatic carbocycles. The fourth-order valence-electron chi connectivity index (χ4n) is 4.06. The van der Waals surface area contributed by atoms with E-state index in [-0.39, 0.29) is 29.4 Å². The Labute approximate surface area is 170 Å². The van der Waals surface area contributed by atoms with Crippen LogP contribution in [0.15, 0.2) is 66.2 Å². The third-order valence-electron chi connectivity index (χ3n) is 5.66. The SMILES string of the molecule is CC1=CCC2C(=O)N(c3ccc(OC(C)C(=O)c4ccccc4)cc3)C(=O)C2C1. The number of Topliss-reactive ketones (excluding diaryl/α,β-unsaturated/α-hetero) is 1. The van der Waals surface area contributed by atoms with E-state index in [1.807, 2.05) is 25.1 Å². The maximum Gasteiger partial charge on any atom is 0.238 e. The van der Waals surface area contributed by atoms with Crippen molar-refractivity contribution in [3.8, 4) is 5.75 Å². The topological polar surface area (TPSA) is 63.7 Å². The standard InChI is InChI=1S/C24H23NO4/c1-15-8-13-20-21(14-15)24(28)25(23(20)27)18-9-11-19(12-10-18)29-16(2)22(26)17-6-4-3-5-7-17/h3-12,16,20-21H,13-14H2,1-2H3. The van der Waals surface area contributed by atoms with Gasteiger partial charge in [-0.2, -0.15) is 0 Å². The first-order chi connectivity index (χ1) is 14.0. The Balaban J connectivity index is 1.46. The molecule has 3 atom stereocenters. The highest BCUT2D eigenvalue weighted by Gasteiger charge is 2.48. The van der Waals surface area contributed by atoms with Gasteiger partial charge in [0.25, 0.3) is 0 Å². The zero-order valence-electron chi connectivity index (χ0n) is 16.5. The molecule has 0 saturated carbocycles. The highest BCUT2D eigenvalue weighted by atomic mass is 16.5. The molecule has 2 amide bonds. The Morgan fingerprint density at radius 2 is 1.66 bits per heavy atom. The van der Waals surface area contributed by atoms with Crippen molar-refractivity contribution >= 4 is 23.3 Å². The van der Waals surface area contributed by atoms with Crippen molar-refractivity contribution in [2.75, 3.05) is 4.90 Å². The molecule has 3 unspecified atom stereocenters. The molecule has 5 nitrogen and oxygen atoms in total. The molecule has 1 heterocycles. The van der Waals surface area contributed by atoms with Gasteiger partial charge in [-0.3, -0.25) is 19.3 Å². The first-order valence-electron chi connectivity index (χ1n) is 9.85. The van der Waals surface area contributed by atoms with Gasteiger partial charge in [0.1, 0.15) is 5.75 Å². The molecule has 0 aromatic heterocycles. The van der Waals surface area contributed by atoms with Crippen LogP contribution in [-0.4, -0.2) is 23.7 Å². The third-order valence-corrected chi connectivity index (χ3v) is 5.66. The van der Waals surface area contributed by atoms with Crippen LogP contribution in [0.25, 0.3) is 0 Å². The van der Waals surface area contributed by atoms with Crippen molar-refractivity contribution in [1.29, 1.82) is 0 Å². The number of amides is 2. The summed E-state index contributed by atoms with van der Waals surface area (Å²) in [6.45, 7) is 3.71. The summed E-state index contributed by atoms with van der Waals surface area (Å²) in [6.07, 6.45) is 2.68. The van der Waals surface area contributed by atoms with Crippen LogP contribution in [0.1, 0.15) is 37.0 Å². The van der Waals surface area contributed by atoms with E-state index < -0.39 is 6.10 Å². The molecule has 0 radical (unpaired) electrons. The molecule has 2 aromatic rings. The lowest BCUT2D eigenvalue weighted by Crippen LogP contribution is -2.30. The zero-order valence-corrected chi connectivity index (χ0v) is 16.5. The van der Waals surface area contributed by atoms with Crippen LogP contribution in [0.3, 0.4) is 0 Å². The molecule has 5 heteroatoms.